The maximum atomic E-state index is 12.1. The van der Waals surface area contributed by atoms with Crippen molar-refractivity contribution in [1.82, 2.24) is 4.98 Å². The Morgan fingerprint density at radius 2 is 2.14 bits per heavy atom. The molecule has 0 bridgehead atoms. The number of hydrogen-bond acceptors (Lipinski definition) is 4. The van der Waals surface area contributed by atoms with E-state index in [2.05, 4.69) is 10.3 Å². The predicted molar refractivity (Wildman–Crippen MR) is 87.2 cm³/mol. The number of nitrogens with two attached hydrogens (primary N) is 1. The van der Waals surface area contributed by atoms with Gasteiger partial charge in [0.15, 0.2) is 11.5 Å². The lowest BCUT2D eigenvalue weighted by molar-refractivity contribution is -0.120. The number of benzene rings is 1. The molecular formula is C14H19Cl2N3O2. The largest absolute Gasteiger partial charge is 0.441 e. The quantitative estimate of drug-likeness (QED) is 0.886. The zero-order valence-corrected chi connectivity index (χ0v) is 13.3. The Bertz CT molecular complexity index is 630. The molecule has 5 nitrogen and oxygen atoms in total. The monoisotopic (exact) mass is 331 g/mol. The summed E-state index contributed by atoms with van der Waals surface area (Å²) in [4.78, 5) is 16.4. The van der Waals surface area contributed by atoms with Gasteiger partial charge in [-0.1, -0.05) is 6.42 Å². The third-order valence-electron chi connectivity index (χ3n) is 3.67. The van der Waals surface area contributed by atoms with Crippen LogP contribution in [0.4, 0.5) is 5.69 Å². The first-order valence-electron chi connectivity index (χ1n) is 6.57. The number of carbonyl (C=O) groups is 1. The van der Waals surface area contributed by atoms with E-state index in [1.54, 1.807) is 6.92 Å². The maximum Gasteiger partial charge on any atom is 0.229 e. The first-order chi connectivity index (χ1) is 9.13. The molecule has 2 aromatic rings. The van der Waals surface area contributed by atoms with Gasteiger partial charge in [0.2, 0.25) is 5.91 Å². The van der Waals surface area contributed by atoms with E-state index in [-0.39, 0.29) is 42.7 Å². The standard InChI is InChI=1S/C14H17N3O2.2ClH/c1-8-16-12-7-9(5-6-13(12)19-8)17-14(18)10-3-2-4-11(10)15;;/h5-7,10-11H,2-4,15H2,1H3,(H,17,18);2*1H. The molecule has 21 heavy (non-hydrogen) atoms. The highest BCUT2D eigenvalue weighted by Crippen LogP contribution is 2.26. The van der Waals surface area contributed by atoms with Crippen LogP contribution < -0.4 is 11.1 Å². The van der Waals surface area contributed by atoms with E-state index >= 15 is 0 Å². The second-order valence-electron chi connectivity index (χ2n) is 5.11. The molecule has 0 radical (unpaired) electrons. The molecule has 0 saturated heterocycles. The van der Waals surface area contributed by atoms with Gasteiger partial charge in [0.1, 0.15) is 5.52 Å². The van der Waals surface area contributed by atoms with Crippen molar-refractivity contribution < 1.29 is 9.21 Å². The summed E-state index contributed by atoms with van der Waals surface area (Å²) in [5, 5.41) is 2.92. The molecule has 1 aliphatic carbocycles. The number of amides is 1. The van der Waals surface area contributed by atoms with Crippen LogP contribution in [0.5, 0.6) is 0 Å². The minimum absolute atomic E-state index is 0. The number of aryl methyl sites for hydroxylation is 1. The third kappa shape index (κ3) is 3.67. The number of nitrogens with zero attached hydrogens (tertiary/aromatic N) is 1. The molecule has 116 valence electrons. The Kier molecular flexibility index (Phi) is 6.01. The van der Waals surface area contributed by atoms with E-state index in [1.807, 2.05) is 18.2 Å². The SMILES string of the molecule is Cc1nc2cc(NC(=O)C3CCCC3N)ccc2o1.Cl.Cl. The molecule has 3 N–H and O–H groups in total. The molecule has 1 fully saturated rings. The van der Waals surface area contributed by atoms with Crippen LogP contribution in [-0.4, -0.2) is 16.9 Å². The average Bonchev–Trinajstić information content (AvgIpc) is 2.93. The molecule has 1 aromatic carbocycles. The van der Waals surface area contributed by atoms with Crippen molar-refractivity contribution in [1.29, 1.82) is 0 Å². The second-order valence-corrected chi connectivity index (χ2v) is 5.11. The van der Waals surface area contributed by atoms with Crippen molar-refractivity contribution in [2.24, 2.45) is 11.7 Å². The van der Waals surface area contributed by atoms with Crippen LogP contribution in [-0.2, 0) is 4.79 Å². The fourth-order valence-corrected chi connectivity index (χ4v) is 2.67. The lowest BCUT2D eigenvalue weighted by Gasteiger charge is -2.14. The van der Waals surface area contributed by atoms with Crippen molar-refractivity contribution >= 4 is 47.5 Å². The van der Waals surface area contributed by atoms with Gasteiger partial charge in [0, 0.05) is 18.7 Å². The van der Waals surface area contributed by atoms with Crippen molar-refractivity contribution in [3.63, 3.8) is 0 Å². The zero-order chi connectivity index (χ0) is 13.4. The van der Waals surface area contributed by atoms with Crippen LogP contribution in [0.25, 0.3) is 11.1 Å². The summed E-state index contributed by atoms with van der Waals surface area (Å²) in [5.41, 5.74) is 8.17. The zero-order valence-electron chi connectivity index (χ0n) is 11.7. The summed E-state index contributed by atoms with van der Waals surface area (Å²) in [5.74, 6) is 0.551. The van der Waals surface area contributed by atoms with Crippen LogP contribution in [0.2, 0.25) is 0 Å². The summed E-state index contributed by atoms with van der Waals surface area (Å²) < 4.78 is 5.40. The fourth-order valence-electron chi connectivity index (χ4n) is 2.67. The fraction of sp³-hybridized carbons (Fsp3) is 0.429. The molecule has 2 atom stereocenters. The van der Waals surface area contributed by atoms with Gasteiger partial charge in [0.05, 0.1) is 5.92 Å². The number of anilines is 1. The summed E-state index contributed by atoms with van der Waals surface area (Å²) in [7, 11) is 0. The van der Waals surface area contributed by atoms with Gasteiger partial charge in [-0.05, 0) is 31.0 Å². The van der Waals surface area contributed by atoms with Crippen molar-refractivity contribution in [3.8, 4) is 0 Å². The minimum atomic E-state index is -0.0743. The van der Waals surface area contributed by atoms with Crippen LogP contribution in [0.1, 0.15) is 25.2 Å². The number of aromatic nitrogens is 1. The number of carbonyl (C=O) groups excluding carboxylic acids is 1. The number of rotatable bonds is 2. The topological polar surface area (TPSA) is 81.2 Å². The Labute approximate surface area is 135 Å². The Hall–Kier alpha value is -1.30. The summed E-state index contributed by atoms with van der Waals surface area (Å²) in [6, 6.07) is 5.45. The molecule has 7 heteroatoms. The van der Waals surface area contributed by atoms with Gasteiger partial charge in [-0.2, -0.15) is 0 Å². The molecule has 1 aliphatic rings. The highest BCUT2D eigenvalue weighted by Gasteiger charge is 2.30. The number of oxazole rings is 1. The van der Waals surface area contributed by atoms with Crippen molar-refractivity contribution in [3.05, 3.63) is 24.1 Å². The Morgan fingerprint density at radius 3 is 2.81 bits per heavy atom. The minimum Gasteiger partial charge on any atom is -0.441 e. The van der Waals surface area contributed by atoms with E-state index in [1.165, 1.54) is 0 Å². The molecule has 3 rings (SSSR count). The van der Waals surface area contributed by atoms with Gasteiger partial charge < -0.3 is 15.5 Å². The average molecular weight is 332 g/mol. The first-order valence-corrected chi connectivity index (χ1v) is 6.57. The maximum absolute atomic E-state index is 12.1. The van der Waals surface area contributed by atoms with Crippen molar-refractivity contribution in [2.45, 2.75) is 32.2 Å². The molecule has 0 spiro atoms. The first kappa shape index (κ1) is 17.8. The van der Waals surface area contributed by atoms with Crippen LogP contribution in [0.15, 0.2) is 22.6 Å². The normalized spacial score (nSPS) is 20.7. The van der Waals surface area contributed by atoms with Crippen LogP contribution >= 0.6 is 24.8 Å². The predicted octanol–water partition coefficient (Wildman–Crippen LogP) is 3.05. The molecule has 1 saturated carbocycles. The number of hydrogen-bond donors (Lipinski definition) is 2. The van der Waals surface area contributed by atoms with Gasteiger partial charge in [-0.25, -0.2) is 4.98 Å². The molecule has 2 unspecified atom stereocenters. The van der Waals surface area contributed by atoms with E-state index in [9.17, 15) is 4.79 Å². The summed E-state index contributed by atoms with van der Waals surface area (Å²) >= 11 is 0. The molecule has 1 amide bonds. The lowest BCUT2D eigenvalue weighted by atomic mass is 10.0. The van der Waals surface area contributed by atoms with Gasteiger partial charge in [-0.15, -0.1) is 24.8 Å². The van der Waals surface area contributed by atoms with E-state index < -0.39 is 0 Å². The highest BCUT2D eigenvalue weighted by atomic mass is 35.5. The Balaban J connectivity index is 0.00000110. The summed E-state index contributed by atoms with van der Waals surface area (Å²) in [6.45, 7) is 1.80. The van der Waals surface area contributed by atoms with Crippen molar-refractivity contribution in [2.75, 3.05) is 5.32 Å². The number of fused-ring (bicyclic) bond motifs is 1. The lowest BCUT2D eigenvalue weighted by Crippen LogP contribution is -2.34. The van der Waals surface area contributed by atoms with E-state index in [0.717, 1.165) is 36.0 Å². The third-order valence-corrected chi connectivity index (χ3v) is 3.67. The highest BCUT2D eigenvalue weighted by molar-refractivity contribution is 5.94. The van der Waals surface area contributed by atoms with Gasteiger partial charge in [-0.3, -0.25) is 4.79 Å². The van der Waals surface area contributed by atoms with Crippen LogP contribution in [0, 0.1) is 12.8 Å². The van der Waals surface area contributed by atoms with E-state index in [4.69, 9.17) is 10.2 Å². The summed E-state index contributed by atoms with van der Waals surface area (Å²) in [6.07, 6.45) is 2.83. The Morgan fingerprint density at radius 1 is 1.38 bits per heavy atom. The van der Waals surface area contributed by atoms with Gasteiger partial charge in [0.25, 0.3) is 0 Å². The van der Waals surface area contributed by atoms with Gasteiger partial charge >= 0.3 is 0 Å². The number of nitrogens with one attached hydrogen (secondary N) is 1. The smallest absolute Gasteiger partial charge is 0.229 e. The molecule has 0 aliphatic heterocycles. The molecule has 1 heterocycles. The molecular weight excluding hydrogens is 313 g/mol. The number of halogens is 2. The second kappa shape index (κ2) is 7.11. The van der Waals surface area contributed by atoms with E-state index in [0.29, 0.717) is 5.89 Å². The van der Waals surface area contributed by atoms with Crippen LogP contribution in [0.3, 0.4) is 0 Å². The molecule has 1 aromatic heterocycles.